The molecular formula is C19H34N2O2. The molecule has 2 fully saturated rings. The van der Waals surface area contributed by atoms with E-state index in [1.54, 1.807) is 0 Å². The first kappa shape index (κ1) is 18.3. The van der Waals surface area contributed by atoms with Crippen molar-refractivity contribution in [2.24, 2.45) is 17.3 Å². The number of hydrogen-bond acceptors (Lipinski definition) is 2. The number of rotatable bonds is 6. The van der Waals surface area contributed by atoms with Gasteiger partial charge in [0.1, 0.15) is 0 Å². The van der Waals surface area contributed by atoms with Crippen LogP contribution in [0.1, 0.15) is 78.1 Å². The van der Waals surface area contributed by atoms with Crippen LogP contribution in [0, 0.1) is 17.3 Å². The molecule has 2 aliphatic rings. The lowest BCUT2D eigenvalue weighted by Gasteiger charge is -2.29. The van der Waals surface area contributed by atoms with Crippen LogP contribution in [0.3, 0.4) is 0 Å². The van der Waals surface area contributed by atoms with E-state index in [4.69, 9.17) is 0 Å². The minimum Gasteiger partial charge on any atom is -0.355 e. The highest BCUT2D eigenvalue weighted by atomic mass is 16.2. The molecule has 2 N–H and O–H groups in total. The van der Waals surface area contributed by atoms with E-state index in [1.165, 1.54) is 38.5 Å². The molecule has 23 heavy (non-hydrogen) atoms. The van der Waals surface area contributed by atoms with Crippen molar-refractivity contribution in [3.05, 3.63) is 0 Å². The van der Waals surface area contributed by atoms with Crippen molar-refractivity contribution in [2.75, 3.05) is 13.1 Å². The molecule has 0 bridgehead atoms. The summed E-state index contributed by atoms with van der Waals surface area (Å²) < 4.78 is 0. The molecule has 0 spiro atoms. The van der Waals surface area contributed by atoms with Gasteiger partial charge in [0.2, 0.25) is 11.8 Å². The molecule has 4 heteroatoms. The summed E-state index contributed by atoms with van der Waals surface area (Å²) in [6.45, 7) is 5.48. The smallest absolute Gasteiger partial charge is 0.223 e. The third-order valence-corrected chi connectivity index (χ3v) is 5.43. The Balaban J connectivity index is 1.68. The summed E-state index contributed by atoms with van der Waals surface area (Å²) in [5.41, 5.74) is -0.103. The van der Waals surface area contributed by atoms with E-state index in [-0.39, 0.29) is 29.1 Å². The summed E-state index contributed by atoms with van der Waals surface area (Å²) in [5, 5.41) is 6.21. The lowest BCUT2D eigenvalue weighted by Crippen LogP contribution is -2.45. The molecule has 2 amide bonds. The van der Waals surface area contributed by atoms with Gasteiger partial charge in [-0.15, -0.1) is 0 Å². The molecule has 132 valence electrons. The average molecular weight is 322 g/mol. The van der Waals surface area contributed by atoms with Crippen molar-refractivity contribution in [3.63, 3.8) is 0 Å². The molecule has 0 aromatic carbocycles. The molecular weight excluding hydrogens is 288 g/mol. The van der Waals surface area contributed by atoms with Crippen LogP contribution < -0.4 is 10.6 Å². The molecule has 0 aromatic rings. The summed E-state index contributed by atoms with van der Waals surface area (Å²) >= 11 is 0. The Morgan fingerprint density at radius 1 is 0.739 bits per heavy atom. The molecule has 0 radical (unpaired) electrons. The summed E-state index contributed by atoms with van der Waals surface area (Å²) in [7, 11) is 0. The largest absolute Gasteiger partial charge is 0.355 e. The third-order valence-electron chi connectivity index (χ3n) is 5.43. The molecule has 0 aromatic heterocycles. The number of nitrogens with one attached hydrogen (secondary N) is 2. The van der Waals surface area contributed by atoms with Gasteiger partial charge < -0.3 is 10.6 Å². The molecule has 0 atom stereocenters. The van der Waals surface area contributed by atoms with Gasteiger partial charge in [0, 0.05) is 24.9 Å². The lowest BCUT2D eigenvalue weighted by molar-refractivity contribution is -0.126. The van der Waals surface area contributed by atoms with Gasteiger partial charge in [-0.25, -0.2) is 0 Å². The van der Waals surface area contributed by atoms with Crippen LogP contribution in [0.25, 0.3) is 0 Å². The summed E-state index contributed by atoms with van der Waals surface area (Å²) in [4.78, 5) is 24.5. The SMILES string of the molecule is CC(C)(CNC(=O)C1CCCCC1)CNC(=O)C1CCCCC1. The second kappa shape index (κ2) is 8.70. The van der Waals surface area contributed by atoms with Crippen LogP contribution in [0.2, 0.25) is 0 Å². The number of amides is 2. The van der Waals surface area contributed by atoms with Gasteiger partial charge in [0.25, 0.3) is 0 Å². The van der Waals surface area contributed by atoms with E-state index < -0.39 is 0 Å². The summed E-state index contributed by atoms with van der Waals surface area (Å²) in [6.07, 6.45) is 11.4. The van der Waals surface area contributed by atoms with Crippen molar-refractivity contribution in [2.45, 2.75) is 78.1 Å². The molecule has 0 heterocycles. The zero-order valence-corrected chi connectivity index (χ0v) is 15.0. The Bertz CT molecular complexity index is 358. The summed E-state index contributed by atoms with van der Waals surface area (Å²) in [6, 6.07) is 0. The fourth-order valence-corrected chi connectivity index (χ4v) is 3.73. The van der Waals surface area contributed by atoms with Gasteiger partial charge in [-0.05, 0) is 31.1 Å². The van der Waals surface area contributed by atoms with Crippen molar-refractivity contribution >= 4 is 11.8 Å². The Morgan fingerprint density at radius 3 is 1.43 bits per heavy atom. The monoisotopic (exact) mass is 322 g/mol. The maximum atomic E-state index is 12.2. The van der Waals surface area contributed by atoms with Crippen LogP contribution >= 0.6 is 0 Å². The van der Waals surface area contributed by atoms with E-state index in [2.05, 4.69) is 24.5 Å². The molecule has 0 aliphatic heterocycles. The molecule has 2 rings (SSSR count). The van der Waals surface area contributed by atoms with Crippen LogP contribution in [0.5, 0.6) is 0 Å². The minimum absolute atomic E-state index is 0.103. The quantitative estimate of drug-likeness (QED) is 0.787. The zero-order chi connectivity index (χ0) is 16.7. The van der Waals surface area contributed by atoms with E-state index in [0.29, 0.717) is 13.1 Å². The van der Waals surface area contributed by atoms with Gasteiger partial charge in [0.15, 0.2) is 0 Å². The van der Waals surface area contributed by atoms with E-state index >= 15 is 0 Å². The van der Waals surface area contributed by atoms with Crippen LogP contribution in [-0.4, -0.2) is 24.9 Å². The average Bonchev–Trinajstić information content (AvgIpc) is 2.59. The van der Waals surface area contributed by atoms with Gasteiger partial charge in [-0.2, -0.15) is 0 Å². The van der Waals surface area contributed by atoms with Crippen molar-refractivity contribution in [1.29, 1.82) is 0 Å². The highest BCUT2D eigenvalue weighted by molar-refractivity contribution is 5.79. The molecule has 0 unspecified atom stereocenters. The van der Waals surface area contributed by atoms with Crippen LogP contribution in [-0.2, 0) is 9.59 Å². The van der Waals surface area contributed by atoms with Crippen molar-refractivity contribution in [1.82, 2.24) is 10.6 Å². The van der Waals surface area contributed by atoms with E-state index in [0.717, 1.165) is 25.7 Å². The van der Waals surface area contributed by atoms with Crippen LogP contribution in [0.4, 0.5) is 0 Å². The highest BCUT2D eigenvalue weighted by Crippen LogP contribution is 2.25. The highest BCUT2D eigenvalue weighted by Gasteiger charge is 2.26. The third kappa shape index (κ3) is 6.15. The Morgan fingerprint density at radius 2 is 1.09 bits per heavy atom. The second-order valence-corrected chi connectivity index (χ2v) is 8.27. The second-order valence-electron chi connectivity index (χ2n) is 8.27. The molecule has 2 saturated carbocycles. The van der Waals surface area contributed by atoms with Crippen molar-refractivity contribution in [3.8, 4) is 0 Å². The van der Waals surface area contributed by atoms with E-state index in [1.807, 2.05) is 0 Å². The van der Waals surface area contributed by atoms with Crippen LogP contribution in [0.15, 0.2) is 0 Å². The standard InChI is InChI=1S/C19H34N2O2/c1-19(2,13-20-17(22)15-9-5-3-6-10-15)14-21-18(23)16-11-7-4-8-12-16/h15-16H,3-14H2,1-2H3,(H,20,22)(H,21,23). The maximum absolute atomic E-state index is 12.2. The maximum Gasteiger partial charge on any atom is 0.223 e. The Kier molecular flexibility index (Phi) is 6.91. The van der Waals surface area contributed by atoms with Gasteiger partial charge in [0.05, 0.1) is 0 Å². The molecule has 0 saturated heterocycles. The number of carbonyl (C=O) groups excluding carboxylic acids is 2. The summed E-state index contributed by atoms with van der Waals surface area (Å²) in [5.74, 6) is 0.820. The molecule has 4 nitrogen and oxygen atoms in total. The van der Waals surface area contributed by atoms with Gasteiger partial charge in [-0.1, -0.05) is 52.4 Å². The van der Waals surface area contributed by atoms with Gasteiger partial charge >= 0.3 is 0 Å². The van der Waals surface area contributed by atoms with Gasteiger partial charge in [-0.3, -0.25) is 9.59 Å². The van der Waals surface area contributed by atoms with E-state index in [9.17, 15) is 9.59 Å². The first-order chi connectivity index (χ1) is 11.0. The number of hydrogen-bond donors (Lipinski definition) is 2. The fraction of sp³-hybridized carbons (Fsp3) is 0.895. The minimum atomic E-state index is -0.103. The zero-order valence-electron chi connectivity index (χ0n) is 15.0. The lowest BCUT2D eigenvalue weighted by atomic mass is 9.87. The Labute approximate surface area is 141 Å². The topological polar surface area (TPSA) is 58.2 Å². The molecule has 2 aliphatic carbocycles. The normalized spacial score (nSPS) is 21.0. The fourth-order valence-electron chi connectivity index (χ4n) is 3.73. The first-order valence-corrected chi connectivity index (χ1v) is 9.53. The predicted molar refractivity (Wildman–Crippen MR) is 93.0 cm³/mol. The predicted octanol–water partition coefficient (Wildman–Crippen LogP) is 3.41. The number of carbonyl (C=O) groups is 2. The Hall–Kier alpha value is -1.06. The van der Waals surface area contributed by atoms with Crippen molar-refractivity contribution < 1.29 is 9.59 Å². The first-order valence-electron chi connectivity index (χ1n) is 9.53.